The quantitative estimate of drug-likeness (QED) is 0.782. The summed E-state index contributed by atoms with van der Waals surface area (Å²) < 4.78 is 37.8. The van der Waals surface area contributed by atoms with Gasteiger partial charge in [-0.3, -0.25) is 0 Å². The van der Waals surface area contributed by atoms with Crippen molar-refractivity contribution in [3.05, 3.63) is 35.4 Å². The topological polar surface area (TPSA) is 3.24 Å². The lowest BCUT2D eigenvalue weighted by atomic mass is 9.90. The van der Waals surface area contributed by atoms with Gasteiger partial charge in [-0.25, -0.2) is 0 Å². The van der Waals surface area contributed by atoms with Crippen LogP contribution in [0.4, 0.5) is 13.2 Å². The number of hydrogen-bond acceptors (Lipinski definition) is 1. The fourth-order valence-electron chi connectivity index (χ4n) is 2.47. The molecule has 0 bridgehead atoms. The normalized spacial score (nSPS) is 19.1. The summed E-state index contributed by atoms with van der Waals surface area (Å²) in [5, 5.41) is 0. The Morgan fingerprint density at radius 3 is 2.50 bits per heavy atom. The summed E-state index contributed by atoms with van der Waals surface area (Å²) in [7, 11) is 2.08. The molecule has 0 aliphatic carbocycles. The monoisotopic (exact) mass is 257 g/mol. The SMILES string of the molecule is CN1CCC(Cc2cccc(C(F)(F)F)c2)CC1. The molecule has 0 atom stereocenters. The Kier molecular flexibility index (Phi) is 3.95. The van der Waals surface area contributed by atoms with E-state index in [9.17, 15) is 13.2 Å². The largest absolute Gasteiger partial charge is 0.416 e. The maximum atomic E-state index is 12.6. The third-order valence-electron chi connectivity index (χ3n) is 3.62. The Balaban J connectivity index is 2.01. The molecule has 1 aliphatic heterocycles. The molecule has 4 heteroatoms. The highest BCUT2D eigenvalue weighted by Gasteiger charge is 2.30. The number of nitrogens with zero attached hydrogens (tertiary/aromatic N) is 1. The zero-order chi connectivity index (χ0) is 13.2. The maximum Gasteiger partial charge on any atom is 0.416 e. The zero-order valence-electron chi connectivity index (χ0n) is 10.5. The predicted octanol–water partition coefficient (Wildman–Crippen LogP) is 3.59. The molecule has 1 aromatic carbocycles. The van der Waals surface area contributed by atoms with Gasteiger partial charge in [0.05, 0.1) is 5.56 Å². The predicted molar refractivity (Wildman–Crippen MR) is 65.4 cm³/mol. The number of likely N-dealkylation sites (tertiary alicyclic amines) is 1. The van der Waals surface area contributed by atoms with Crippen molar-refractivity contribution in [3.63, 3.8) is 0 Å². The van der Waals surface area contributed by atoms with E-state index in [0.29, 0.717) is 5.92 Å². The Morgan fingerprint density at radius 1 is 1.22 bits per heavy atom. The van der Waals surface area contributed by atoms with E-state index in [2.05, 4.69) is 11.9 Å². The maximum absolute atomic E-state index is 12.6. The van der Waals surface area contributed by atoms with Gasteiger partial charge in [0.15, 0.2) is 0 Å². The van der Waals surface area contributed by atoms with Gasteiger partial charge in [-0.1, -0.05) is 18.2 Å². The Labute approximate surface area is 106 Å². The molecular weight excluding hydrogens is 239 g/mol. The van der Waals surface area contributed by atoms with Crippen LogP contribution in [0.2, 0.25) is 0 Å². The summed E-state index contributed by atoms with van der Waals surface area (Å²) in [6, 6.07) is 5.73. The zero-order valence-corrected chi connectivity index (χ0v) is 10.5. The minimum absolute atomic E-state index is 0.518. The molecule has 18 heavy (non-hydrogen) atoms. The highest BCUT2D eigenvalue weighted by Crippen LogP contribution is 2.30. The summed E-state index contributed by atoms with van der Waals surface area (Å²) in [5.74, 6) is 0.518. The molecule has 100 valence electrons. The van der Waals surface area contributed by atoms with Gasteiger partial charge in [0.25, 0.3) is 0 Å². The number of benzene rings is 1. The second-order valence-electron chi connectivity index (χ2n) is 5.15. The standard InChI is InChI=1S/C14H18F3N/c1-18-7-5-11(6-8-18)9-12-3-2-4-13(10-12)14(15,16)17/h2-4,10-11H,5-9H2,1H3. The fraction of sp³-hybridized carbons (Fsp3) is 0.571. The second kappa shape index (κ2) is 5.31. The van der Waals surface area contributed by atoms with Gasteiger partial charge in [0.1, 0.15) is 0 Å². The first kappa shape index (κ1) is 13.4. The van der Waals surface area contributed by atoms with E-state index in [1.54, 1.807) is 6.07 Å². The molecule has 0 aromatic heterocycles. The lowest BCUT2D eigenvalue weighted by Gasteiger charge is -2.29. The third kappa shape index (κ3) is 3.48. The smallest absolute Gasteiger partial charge is 0.306 e. The van der Waals surface area contributed by atoms with Crippen molar-refractivity contribution in [1.82, 2.24) is 4.90 Å². The molecule has 1 saturated heterocycles. The van der Waals surface area contributed by atoms with E-state index in [-0.39, 0.29) is 0 Å². The van der Waals surface area contributed by atoms with Gasteiger partial charge in [-0.05, 0) is 56.9 Å². The van der Waals surface area contributed by atoms with Crippen molar-refractivity contribution in [1.29, 1.82) is 0 Å². The van der Waals surface area contributed by atoms with E-state index in [1.165, 1.54) is 12.1 Å². The summed E-state index contributed by atoms with van der Waals surface area (Å²) in [5.41, 5.74) is 0.271. The molecule has 1 heterocycles. The highest BCUT2D eigenvalue weighted by atomic mass is 19.4. The molecule has 0 unspecified atom stereocenters. The van der Waals surface area contributed by atoms with E-state index in [4.69, 9.17) is 0 Å². The van der Waals surface area contributed by atoms with Crippen LogP contribution in [0.1, 0.15) is 24.0 Å². The van der Waals surface area contributed by atoms with Crippen molar-refractivity contribution in [2.75, 3.05) is 20.1 Å². The van der Waals surface area contributed by atoms with E-state index < -0.39 is 11.7 Å². The minimum atomic E-state index is -4.23. The van der Waals surface area contributed by atoms with Crippen LogP contribution < -0.4 is 0 Å². The first-order chi connectivity index (χ1) is 8.45. The van der Waals surface area contributed by atoms with Crippen molar-refractivity contribution >= 4 is 0 Å². The van der Waals surface area contributed by atoms with Crippen molar-refractivity contribution in [3.8, 4) is 0 Å². The van der Waals surface area contributed by atoms with E-state index in [0.717, 1.165) is 44.0 Å². The van der Waals surface area contributed by atoms with Gasteiger partial charge >= 0.3 is 6.18 Å². The Bertz CT molecular complexity index is 392. The van der Waals surface area contributed by atoms with Crippen LogP contribution in [-0.2, 0) is 12.6 Å². The van der Waals surface area contributed by atoms with Crippen LogP contribution >= 0.6 is 0 Å². The molecule has 1 aromatic rings. The molecule has 1 nitrogen and oxygen atoms in total. The molecule has 0 N–H and O–H groups in total. The van der Waals surface area contributed by atoms with Crippen molar-refractivity contribution in [2.24, 2.45) is 5.92 Å². The van der Waals surface area contributed by atoms with Gasteiger partial charge < -0.3 is 4.90 Å². The lowest BCUT2D eigenvalue weighted by molar-refractivity contribution is -0.137. The minimum Gasteiger partial charge on any atom is -0.306 e. The first-order valence-electron chi connectivity index (χ1n) is 6.30. The Hall–Kier alpha value is -1.03. The van der Waals surface area contributed by atoms with E-state index >= 15 is 0 Å². The van der Waals surface area contributed by atoms with Gasteiger partial charge in [0.2, 0.25) is 0 Å². The molecule has 1 aliphatic rings. The Morgan fingerprint density at radius 2 is 1.89 bits per heavy atom. The average Bonchev–Trinajstić information content (AvgIpc) is 2.31. The van der Waals surface area contributed by atoms with Gasteiger partial charge in [0, 0.05) is 0 Å². The molecule has 0 radical (unpaired) electrons. The molecule has 0 saturated carbocycles. The fourth-order valence-corrected chi connectivity index (χ4v) is 2.47. The summed E-state index contributed by atoms with van der Waals surface area (Å²) in [6.07, 6.45) is -1.32. The summed E-state index contributed by atoms with van der Waals surface area (Å²) >= 11 is 0. The summed E-state index contributed by atoms with van der Waals surface area (Å²) in [6.45, 7) is 2.09. The van der Waals surface area contributed by atoms with Crippen LogP contribution in [-0.4, -0.2) is 25.0 Å². The lowest BCUT2D eigenvalue weighted by Crippen LogP contribution is -2.30. The van der Waals surface area contributed by atoms with Crippen LogP contribution in [0, 0.1) is 5.92 Å². The number of alkyl halides is 3. The highest BCUT2D eigenvalue weighted by molar-refractivity contribution is 5.26. The number of halogens is 3. The van der Waals surface area contributed by atoms with Gasteiger partial charge in [-0.2, -0.15) is 13.2 Å². The molecular formula is C14H18F3N. The summed E-state index contributed by atoms with van der Waals surface area (Å²) in [4.78, 5) is 2.27. The number of piperidine rings is 1. The second-order valence-corrected chi connectivity index (χ2v) is 5.15. The molecule has 1 fully saturated rings. The number of hydrogen-bond donors (Lipinski definition) is 0. The van der Waals surface area contributed by atoms with Crippen LogP contribution in [0.3, 0.4) is 0 Å². The third-order valence-corrected chi connectivity index (χ3v) is 3.62. The molecule has 2 rings (SSSR count). The molecule has 0 amide bonds. The van der Waals surface area contributed by atoms with Gasteiger partial charge in [-0.15, -0.1) is 0 Å². The molecule has 0 spiro atoms. The van der Waals surface area contributed by atoms with Crippen LogP contribution in [0.15, 0.2) is 24.3 Å². The van der Waals surface area contributed by atoms with Crippen LogP contribution in [0.5, 0.6) is 0 Å². The van der Waals surface area contributed by atoms with Crippen molar-refractivity contribution in [2.45, 2.75) is 25.4 Å². The van der Waals surface area contributed by atoms with E-state index in [1.807, 2.05) is 0 Å². The number of rotatable bonds is 2. The average molecular weight is 257 g/mol. The van der Waals surface area contributed by atoms with Crippen molar-refractivity contribution < 1.29 is 13.2 Å². The van der Waals surface area contributed by atoms with Crippen LogP contribution in [0.25, 0.3) is 0 Å². The first-order valence-corrected chi connectivity index (χ1v) is 6.30.